The molecule has 0 saturated heterocycles. The lowest BCUT2D eigenvalue weighted by atomic mass is 10.2. The standard InChI is InChI=1S/C6H10ClNO/c1-4(8)6(3-7)5(2)9/h3,8H2,1-2H3. The van der Waals surface area contributed by atoms with Crippen LogP contribution in [-0.4, -0.2) is 11.7 Å². The summed E-state index contributed by atoms with van der Waals surface area (Å²) in [6, 6.07) is 0. The number of alkyl halides is 1. The summed E-state index contributed by atoms with van der Waals surface area (Å²) in [4.78, 5) is 10.6. The van der Waals surface area contributed by atoms with E-state index < -0.39 is 0 Å². The summed E-state index contributed by atoms with van der Waals surface area (Å²) in [5.74, 6) is 0.155. The number of rotatable bonds is 2. The fourth-order valence-electron chi connectivity index (χ4n) is 0.477. The van der Waals surface area contributed by atoms with Crippen molar-refractivity contribution in [2.75, 3.05) is 5.88 Å². The van der Waals surface area contributed by atoms with Gasteiger partial charge in [-0.25, -0.2) is 0 Å². The van der Waals surface area contributed by atoms with Crippen LogP contribution in [0.15, 0.2) is 11.3 Å². The Morgan fingerprint density at radius 3 is 2.00 bits per heavy atom. The number of carbonyl (C=O) groups is 1. The van der Waals surface area contributed by atoms with Crippen molar-refractivity contribution in [2.24, 2.45) is 5.73 Å². The number of nitrogens with two attached hydrogens (primary N) is 1. The van der Waals surface area contributed by atoms with E-state index in [1.54, 1.807) is 6.92 Å². The number of allylic oxidation sites excluding steroid dienone is 2. The molecular formula is C6H10ClNO. The largest absolute Gasteiger partial charge is 0.402 e. The van der Waals surface area contributed by atoms with Gasteiger partial charge in [0.15, 0.2) is 5.78 Å². The zero-order valence-electron chi connectivity index (χ0n) is 5.57. The second kappa shape index (κ2) is 3.51. The van der Waals surface area contributed by atoms with Gasteiger partial charge >= 0.3 is 0 Å². The molecule has 0 saturated carbocycles. The van der Waals surface area contributed by atoms with Crippen molar-refractivity contribution in [1.29, 1.82) is 0 Å². The Kier molecular flexibility index (Phi) is 3.32. The van der Waals surface area contributed by atoms with Gasteiger partial charge in [0.25, 0.3) is 0 Å². The van der Waals surface area contributed by atoms with E-state index in [0.717, 1.165) is 0 Å². The summed E-state index contributed by atoms with van der Waals surface area (Å²) in [6.07, 6.45) is 0. The fraction of sp³-hybridized carbons (Fsp3) is 0.500. The zero-order valence-corrected chi connectivity index (χ0v) is 6.33. The maximum atomic E-state index is 10.6. The molecule has 0 radical (unpaired) electrons. The van der Waals surface area contributed by atoms with Crippen LogP contribution in [0.5, 0.6) is 0 Å². The molecule has 0 aliphatic rings. The molecule has 52 valence electrons. The van der Waals surface area contributed by atoms with Gasteiger partial charge in [-0.05, 0) is 13.8 Å². The fourth-order valence-corrected chi connectivity index (χ4v) is 0.876. The van der Waals surface area contributed by atoms with Crippen LogP contribution in [0, 0.1) is 0 Å². The van der Waals surface area contributed by atoms with Crippen molar-refractivity contribution in [1.82, 2.24) is 0 Å². The Bertz CT molecular complexity index is 147. The lowest BCUT2D eigenvalue weighted by molar-refractivity contribution is -0.113. The average Bonchev–Trinajstić information content (AvgIpc) is 1.64. The molecule has 3 heteroatoms. The van der Waals surface area contributed by atoms with Crippen molar-refractivity contribution in [2.45, 2.75) is 13.8 Å². The molecule has 0 unspecified atom stereocenters. The van der Waals surface area contributed by atoms with Gasteiger partial charge in [0.05, 0.1) is 5.88 Å². The third-order valence-electron chi connectivity index (χ3n) is 1.03. The van der Waals surface area contributed by atoms with Crippen LogP contribution >= 0.6 is 11.6 Å². The summed E-state index contributed by atoms with van der Waals surface area (Å²) in [7, 11) is 0. The Morgan fingerprint density at radius 2 is 2.00 bits per heavy atom. The van der Waals surface area contributed by atoms with Crippen molar-refractivity contribution in [3.05, 3.63) is 11.3 Å². The first-order valence-corrected chi connectivity index (χ1v) is 3.15. The van der Waals surface area contributed by atoms with Crippen LogP contribution in [0.25, 0.3) is 0 Å². The number of ketones is 1. The zero-order chi connectivity index (χ0) is 7.44. The van der Waals surface area contributed by atoms with Crippen molar-refractivity contribution >= 4 is 17.4 Å². The highest BCUT2D eigenvalue weighted by Gasteiger charge is 2.02. The molecule has 0 spiro atoms. The summed E-state index contributed by atoms with van der Waals surface area (Å²) < 4.78 is 0. The summed E-state index contributed by atoms with van der Waals surface area (Å²) >= 11 is 5.40. The number of hydrogen-bond acceptors (Lipinski definition) is 2. The Labute approximate surface area is 59.7 Å². The molecule has 0 atom stereocenters. The minimum Gasteiger partial charge on any atom is -0.402 e. The highest BCUT2D eigenvalue weighted by molar-refractivity contribution is 6.22. The molecule has 0 rings (SSSR count). The van der Waals surface area contributed by atoms with Gasteiger partial charge in [-0.15, -0.1) is 11.6 Å². The van der Waals surface area contributed by atoms with E-state index in [9.17, 15) is 4.79 Å². The predicted molar refractivity (Wildman–Crippen MR) is 38.3 cm³/mol. The maximum absolute atomic E-state index is 10.6. The Morgan fingerprint density at radius 1 is 1.56 bits per heavy atom. The van der Waals surface area contributed by atoms with Crippen LogP contribution in [0.1, 0.15) is 13.8 Å². The number of halogens is 1. The first-order valence-electron chi connectivity index (χ1n) is 2.61. The molecule has 0 aromatic heterocycles. The molecule has 0 bridgehead atoms. The van der Waals surface area contributed by atoms with E-state index in [2.05, 4.69) is 0 Å². The van der Waals surface area contributed by atoms with Crippen molar-refractivity contribution < 1.29 is 4.79 Å². The molecule has 0 aromatic carbocycles. The molecule has 0 fully saturated rings. The smallest absolute Gasteiger partial charge is 0.158 e. The van der Waals surface area contributed by atoms with E-state index >= 15 is 0 Å². The Hall–Kier alpha value is -0.500. The third-order valence-corrected chi connectivity index (χ3v) is 1.30. The van der Waals surface area contributed by atoms with E-state index in [1.807, 2.05) is 0 Å². The van der Waals surface area contributed by atoms with Gasteiger partial charge in [-0.1, -0.05) is 0 Å². The first kappa shape index (κ1) is 8.50. The van der Waals surface area contributed by atoms with Crippen LogP contribution < -0.4 is 5.73 Å². The number of carbonyl (C=O) groups excluding carboxylic acids is 1. The van der Waals surface area contributed by atoms with Crippen molar-refractivity contribution in [3.8, 4) is 0 Å². The van der Waals surface area contributed by atoms with Crippen LogP contribution in [0.4, 0.5) is 0 Å². The SMILES string of the molecule is CC(=O)C(CCl)=C(C)N. The molecule has 2 N–H and O–H groups in total. The molecule has 2 nitrogen and oxygen atoms in total. The van der Waals surface area contributed by atoms with Gasteiger partial charge in [0.1, 0.15) is 0 Å². The quantitative estimate of drug-likeness (QED) is 0.469. The highest BCUT2D eigenvalue weighted by atomic mass is 35.5. The number of hydrogen-bond donors (Lipinski definition) is 1. The van der Waals surface area contributed by atoms with E-state index in [1.165, 1.54) is 6.92 Å². The topological polar surface area (TPSA) is 43.1 Å². The Balaban J connectivity index is 4.35. The summed E-state index contributed by atoms with van der Waals surface area (Å²) in [6.45, 7) is 3.12. The van der Waals surface area contributed by atoms with Gasteiger partial charge in [0.2, 0.25) is 0 Å². The van der Waals surface area contributed by atoms with Gasteiger partial charge < -0.3 is 5.73 Å². The molecule has 0 aliphatic heterocycles. The van der Waals surface area contributed by atoms with Crippen LogP contribution in [-0.2, 0) is 4.79 Å². The monoisotopic (exact) mass is 147 g/mol. The molecule has 0 heterocycles. The predicted octanol–water partition coefficient (Wildman–Crippen LogP) is 1.05. The third kappa shape index (κ3) is 2.51. The molecule has 9 heavy (non-hydrogen) atoms. The van der Waals surface area contributed by atoms with E-state index in [4.69, 9.17) is 17.3 Å². The maximum Gasteiger partial charge on any atom is 0.158 e. The van der Waals surface area contributed by atoms with Crippen LogP contribution in [0.2, 0.25) is 0 Å². The van der Waals surface area contributed by atoms with E-state index in [0.29, 0.717) is 11.3 Å². The van der Waals surface area contributed by atoms with Crippen molar-refractivity contribution in [3.63, 3.8) is 0 Å². The summed E-state index contributed by atoms with van der Waals surface area (Å²) in [5.41, 5.74) is 6.34. The molecule has 0 aliphatic carbocycles. The molecule has 0 amide bonds. The second-order valence-corrected chi connectivity index (χ2v) is 2.12. The average molecular weight is 148 g/mol. The minimum atomic E-state index is -0.0509. The molecule has 0 aromatic rings. The van der Waals surface area contributed by atoms with Crippen LogP contribution in [0.3, 0.4) is 0 Å². The van der Waals surface area contributed by atoms with Gasteiger partial charge in [-0.2, -0.15) is 0 Å². The second-order valence-electron chi connectivity index (χ2n) is 1.85. The van der Waals surface area contributed by atoms with E-state index in [-0.39, 0.29) is 11.7 Å². The normalized spacial score (nSPS) is 12.8. The highest BCUT2D eigenvalue weighted by Crippen LogP contribution is 2.01. The first-order chi connectivity index (χ1) is 4.09. The lowest BCUT2D eigenvalue weighted by Crippen LogP contribution is -2.06. The lowest BCUT2D eigenvalue weighted by Gasteiger charge is -1.98. The van der Waals surface area contributed by atoms with Gasteiger partial charge in [-0.3, -0.25) is 4.79 Å². The number of Topliss-reactive ketones (excluding diaryl/α,β-unsaturated/α-hetero) is 1. The summed E-state index contributed by atoms with van der Waals surface area (Å²) in [5, 5.41) is 0. The minimum absolute atomic E-state index is 0.0509. The molecular weight excluding hydrogens is 138 g/mol. The van der Waals surface area contributed by atoms with Gasteiger partial charge in [0, 0.05) is 11.3 Å².